The second-order valence-corrected chi connectivity index (χ2v) is 8.44. The van der Waals surface area contributed by atoms with E-state index in [2.05, 4.69) is 15.6 Å². The molecule has 1 heterocycles. The van der Waals surface area contributed by atoms with Crippen molar-refractivity contribution in [2.45, 2.75) is 44.7 Å². The van der Waals surface area contributed by atoms with Crippen LogP contribution >= 0.6 is 0 Å². The Morgan fingerprint density at radius 3 is 2.58 bits per heavy atom. The van der Waals surface area contributed by atoms with Crippen molar-refractivity contribution in [3.8, 4) is 11.5 Å². The highest BCUT2D eigenvalue weighted by molar-refractivity contribution is 5.94. The van der Waals surface area contributed by atoms with Crippen LogP contribution < -0.4 is 10.6 Å². The molecule has 0 unspecified atom stereocenters. The largest absolute Gasteiger partial charge is 0.436 e. The molecule has 2 N–H and O–H groups in total. The van der Waals surface area contributed by atoms with E-state index in [1.54, 1.807) is 17.0 Å². The highest BCUT2D eigenvalue weighted by atomic mass is 16.3. The Hall–Kier alpha value is -3.68. The molecule has 0 bridgehead atoms. The van der Waals surface area contributed by atoms with Gasteiger partial charge in [-0.15, -0.1) is 0 Å². The molecule has 172 valence electrons. The minimum Gasteiger partial charge on any atom is -0.436 e. The molecule has 0 radical (unpaired) electrons. The fourth-order valence-electron chi connectivity index (χ4n) is 4.21. The number of hydrogen-bond acceptors (Lipinski definition) is 5. The Kier molecular flexibility index (Phi) is 6.72. The van der Waals surface area contributed by atoms with E-state index in [0.717, 1.165) is 35.9 Å². The normalized spacial score (nSPS) is 17.6. The molecule has 1 aliphatic carbocycles. The first-order chi connectivity index (χ1) is 15.9. The Morgan fingerprint density at radius 2 is 1.85 bits per heavy atom. The number of carbonyl (C=O) groups excluding carboxylic acids is 3. The summed E-state index contributed by atoms with van der Waals surface area (Å²) in [6, 6.07) is 15.0. The molecule has 8 nitrogen and oxygen atoms in total. The molecular weight excluding hydrogens is 420 g/mol. The zero-order chi connectivity index (χ0) is 23.4. The van der Waals surface area contributed by atoms with E-state index in [-0.39, 0.29) is 36.2 Å². The molecule has 3 amide bonds. The van der Waals surface area contributed by atoms with Crippen LogP contribution in [0.4, 0.5) is 0 Å². The van der Waals surface area contributed by atoms with Crippen molar-refractivity contribution in [2.75, 3.05) is 13.6 Å². The third kappa shape index (κ3) is 5.39. The summed E-state index contributed by atoms with van der Waals surface area (Å²) in [4.78, 5) is 42.2. The maximum Gasteiger partial charge on any atom is 0.253 e. The number of para-hydroxylation sites is 2. The molecule has 8 heteroatoms. The summed E-state index contributed by atoms with van der Waals surface area (Å²) in [6.07, 6.45) is 2.63. The van der Waals surface area contributed by atoms with Gasteiger partial charge in [-0.25, -0.2) is 4.98 Å². The molecule has 0 saturated heterocycles. The minimum absolute atomic E-state index is 0.0385. The minimum atomic E-state index is -0.147. The number of nitrogens with one attached hydrogen (secondary N) is 2. The number of oxazole rings is 1. The van der Waals surface area contributed by atoms with Crippen LogP contribution in [0.15, 0.2) is 52.9 Å². The lowest BCUT2D eigenvalue weighted by molar-refractivity contribution is -0.122. The van der Waals surface area contributed by atoms with Crippen LogP contribution in [0.1, 0.15) is 43.0 Å². The SMILES string of the molecule is CC(=O)NCCC(=O)N[C@H]1CC[C@@H](N(C)C(=O)c2ccc(-c3nc4ccccc4o3)cc2)C1. The first-order valence-electron chi connectivity index (χ1n) is 11.2. The van der Waals surface area contributed by atoms with Crippen LogP contribution in [0.3, 0.4) is 0 Å². The molecule has 1 aliphatic rings. The van der Waals surface area contributed by atoms with E-state index < -0.39 is 0 Å². The topological polar surface area (TPSA) is 105 Å². The van der Waals surface area contributed by atoms with Crippen molar-refractivity contribution in [1.29, 1.82) is 0 Å². The van der Waals surface area contributed by atoms with Crippen LogP contribution in [0, 0.1) is 0 Å². The Morgan fingerprint density at radius 1 is 1.09 bits per heavy atom. The van der Waals surface area contributed by atoms with Gasteiger partial charge in [-0.1, -0.05) is 12.1 Å². The lowest BCUT2D eigenvalue weighted by Crippen LogP contribution is -2.39. The third-order valence-corrected chi connectivity index (χ3v) is 6.04. The summed E-state index contributed by atoms with van der Waals surface area (Å²) >= 11 is 0. The molecule has 2 atom stereocenters. The van der Waals surface area contributed by atoms with Crippen LogP contribution in [0.2, 0.25) is 0 Å². The van der Waals surface area contributed by atoms with Crippen molar-refractivity contribution < 1.29 is 18.8 Å². The number of fused-ring (bicyclic) bond motifs is 1. The van der Waals surface area contributed by atoms with Gasteiger partial charge in [0.15, 0.2) is 5.58 Å². The van der Waals surface area contributed by atoms with E-state index >= 15 is 0 Å². The Bertz CT molecular complexity index is 1120. The zero-order valence-electron chi connectivity index (χ0n) is 18.8. The van der Waals surface area contributed by atoms with Crippen molar-refractivity contribution in [1.82, 2.24) is 20.5 Å². The van der Waals surface area contributed by atoms with Gasteiger partial charge < -0.3 is 20.0 Å². The zero-order valence-corrected chi connectivity index (χ0v) is 18.8. The molecule has 33 heavy (non-hydrogen) atoms. The van der Waals surface area contributed by atoms with Gasteiger partial charge in [0.25, 0.3) is 5.91 Å². The van der Waals surface area contributed by atoms with Gasteiger partial charge in [-0.3, -0.25) is 14.4 Å². The van der Waals surface area contributed by atoms with Crippen LogP contribution in [0.5, 0.6) is 0 Å². The Labute approximate surface area is 192 Å². The number of benzene rings is 2. The maximum absolute atomic E-state index is 13.0. The Balaban J connectivity index is 1.32. The summed E-state index contributed by atoms with van der Waals surface area (Å²) in [5.41, 5.74) is 2.93. The highest BCUT2D eigenvalue weighted by Crippen LogP contribution is 2.27. The fraction of sp³-hybridized carbons (Fsp3) is 0.360. The predicted octanol–water partition coefficient (Wildman–Crippen LogP) is 3.13. The van der Waals surface area contributed by atoms with Crippen LogP contribution in [0.25, 0.3) is 22.6 Å². The molecule has 3 aromatic rings. The van der Waals surface area contributed by atoms with E-state index in [9.17, 15) is 14.4 Å². The highest BCUT2D eigenvalue weighted by Gasteiger charge is 2.31. The lowest BCUT2D eigenvalue weighted by atomic mass is 10.1. The summed E-state index contributed by atoms with van der Waals surface area (Å²) < 4.78 is 5.80. The molecular formula is C25H28N4O4. The van der Waals surface area contributed by atoms with Gasteiger partial charge in [-0.2, -0.15) is 0 Å². The number of hydrogen-bond donors (Lipinski definition) is 2. The molecule has 4 rings (SSSR count). The monoisotopic (exact) mass is 448 g/mol. The third-order valence-electron chi connectivity index (χ3n) is 6.04. The predicted molar refractivity (Wildman–Crippen MR) is 124 cm³/mol. The van der Waals surface area contributed by atoms with Crippen molar-refractivity contribution in [3.05, 3.63) is 54.1 Å². The summed E-state index contributed by atoms with van der Waals surface area (Å²) in [7, 11) is 1.81. The first kappa shape index (κ1) is 22.5. The number of nitrogens with zero attached hydrogens (tertiary/aromatic N) is 2. The van der Waals surface area contributed by atoms with E-state index in [0.29, 0.717) is 18.0 Å². The smallest absolute Gasteiger partial charge is 0.253 e. The van der Waals surface area contributed by atoms with E-state index in [4.69, 9.17) is 4.42 Å². The standard InChI is InChI=1S/C25H28N4O4/c1-16(30)26-14-13-23(31)27-19-11-12-20(15-19)29(2)25(32)18-9-7-17(8-10-18)24-28-21-5-3-4-6-22(21)33-24/h3-10,19-20H,11-15H2,1-2H3,(H,26,30)(H,27,31)/t19-,20+/m0/s1. The van der Waals surface area contributed by atoms with Gasteiger partial charge in [-0.05, 0) is 55.7 Å². The number of amides is 3. The average molecular weight is 449 g/mol. The van der Waals surface area contributed by atoms with Gasteiger partial charge in [0.1, 0.15) is 5.52 Å². The lowest BCUT2D eigenvalue weighted by Gasteiger charge is -2.25. The second-order valence-electron chi connectivity index (χ2n) is 8.44. The second kappa shape index (κ2) is 9.85. The van der Waals surface area contributed by atoms with Gasteiger partial charge in [0, 0.05) is 50.1 Å². The summed E-state index contributed by atoms with van der Waals surface area (Å²) in [5.74, 6) is 0.238. The van der Waals surface area contributed by atoms with Crippen molar-refractivity contribution in [3.63, 3.8) is 0 Å². The van der Waals surface area contributed by atoms with Gasteiger partial charge in [0.05, 0.1) is 0 Å². The van der Waals surface area contributed by atoms with E-state index in [1.807, 2.05) is 43.4 Å². The quantitative estimate of drug-likeness (QED) is 0.578. The molecule has 0 spiro atoms. The number of aromatic nitrogens is 1. The molecule has 1 fully saturated rings. The van der Waals surface area contributed by atoms with Crippen LogP contribution in [-0.2, 0) is 9.59 Å². The maximum atomic E-state index is 13.0. The average Bonchev–Trinajstić information content (AvgIpc) is 3.45. The molecule has 2 aromatic carbocycles. The molecule has 1 aromatic heterocycles. The molecule has 0 aliphatic heterocycles. The van der Waals surface area contributed by atoms with Crippen LogP contribution in [-0.4, -0.2) is 53.3 Å². The fourth-order valence-corrected chi connectivity index (χ4v) is 4.21. The molecule has 1 saturated carbocycles. The van der Waals surface area contributed by atoms with Gasteiger partial charge >= 0.3 is 0 Å². The van der Waals surface area contributed by atoms with E-state index in [1.165, 1.54) is 6.92 Å². The van der Waals surface area contributed by atoms with Crippen molar-refractivity contribution in [2.24, 2.45) is 0 Å². The number of carbonyl (C=O) groups is 3. The van der Waals surface area contributed by atoms with Gasteiger partial charge in [0.2, 0.25) is 17.7 Å². The first-order valence-corrected chi connectivity index (χ1v) is 11.2. The summed E-state index contributed by atoms with van der Waals surface area (Å²) in [5, 5.41) is 5.63. The van der Waals surface area contributed by atoms with Crippen molar-refractivity contribution >= 4 is 28.8 Å². The summed E-state index contributed by atoms with van der Waals surface area (Å²) in [6.45, 7) is 1.75. The number of rotatable bonds is 7.